The van der Waals surface area contributed by atoms with E-state index in [2.05, 4.69) is 49.5 Å². The zero-order chi connectivity index (χ0) is 18.9. The van der Waals surface area contributed by atoms with Crippen molar-refractivity contribution >= 4 is 37.4 Å². The van der Waals surface area contributed by atoms with Crippen molar-refractivity contribution in [2.75, 3.05) is 35.7 Å². The van der Waals surface area contributed by atoms with Crippen LogP contribution in [0.4, 0.5) is 11.6 Å². The Balaban J connectivity index is 1.85. The van der Waals surface area contributed by atoms with Gasteiger partial charge in [-0.05, 0) is 40.0 Å². The fourth-order valence-electron chi connectivity index (χ4n) is 3.23. The van der Waals surface area contributed by atoms with Crippen molar-refractivity contribution in [2.24, 2.45) is 5.92 Å². The van der Waals surface area contributed by atoms with Crippen molar-refractivity contribution in [3.63, 3.8) is 0 Å². The average molecular weight is 439 g/mol. The smallest absolute Gasteiger partial charge is 0.225 e. The van der Waals surface area contributed by atoms with E-state index >= 15 is 0 Å². The molecule has 0 radical (unpaired) electrons. The second-order valence-electron chi connectivity index (χ2n) is 6.92. The number of piperazine rings is 1. The highest BCUT2D eigenvalue weighted by molar-refractivity contribution is 9.10. The van der Waals surface area contributed by atoms with Crippen LogP contribution in [0.2, 0.25) is 0 Å². The number of rotatable bonds is 4. The summed E-state index contributed by atoms with van der Waals surface area (Å²) in [5.41, 5.74) is 0.940. The standard InChI is InChI=1S/C18H23BrN4O2S/c1-13(2)17-12-22(15-5-4-6-16(9-15)26(3,24)25)7-8-23(17)18-20-10-14(19)11-21-18/h4-6,9-11,13,17H,7-8,12H2,1-3H3/t17-/m0/s1. The number of anilines is 2. The van der Waals surface area contributed by atoms with Gasteiger partial charge in [-0.2, -0.15) is 0 Å². The van der Waals surface area contributed by atoms with Crippen LogP contribution < -0.4 is 9.80 Å². The summed E-state index contributed by atoms with van der Waals surface area (Å²) in [5, 5.41) is 0. The molecular weight excluding hydrogens is 416 g/mol. The molecule has 1 fully saturated rings. The third kappa shape index (κ3) is 4.17. The van der Waals surface area contributed by atoms with Gasteiger partial charge in [0.1, 0.15) is 0 Å². The van der Waals surface area contributed by atoms with Crippen LogP contribution in [0.3, 0.4) is 0 Å². The molecule has 8 heteroatoms. The van der Waals surface area contributed by atoms with Gasteiger partial charge in [0.15, 0.2) is 9.84 Å². The first-order valence-corrected chi connectivity index (χ1v) is 11.2. The number of hydrogen-bond donors (Lipinski definition) is 0. The number of sulfone groups is 1. The average Bonchev–Trinajstić information content (AvgIpc) is 2.61. The van der Waals surface area contributed by atoms with E-state index < -0.39 is 9.84 Å². The molecule has 1 aromatic carbocycles. The topological polar surface area (TPSA) is 66.4 Å². The van der Waals surface area contributed by atoms with E-state index in [1.807, 2.05) is 6.07 Å². The summed E-state index contributed by atoms with van der Waals surface area (Å²) in [7, 11) is -3.21. The van der Waals surface area contributed by atoms with Gasteiger partial charge >= 0.3 is 0 Å². The molecule has 0 spiro atoms. The van der Waals surface area contributed by atoms with E-state index in [4.69, 9.17) is 0 Å². The van der Waals surface area contributed by atoms with Gasteiger partial charge in [0.05, 0.1) is 15.4 Å². The molecule has 26 heavy (non-hydrogen) atoms. The number of halogens is 1. The van der Waals surface area contributed by atoms with E-state index in [1.54, 1.807) is 30.6 Å². The maximum absolute atomic E-state index is 11.9. The van der Waals surface area contributed by atoms with Gasteiger partial charge in [-0.15, -0.1) is 0 Å². The zero-order valence-electron chi connectivity index (χ0n) is 15.1. The monoisotopic (exact) mass is 438 g/mol. The minimum Gasteiger partial charge on any atom is -0.368 e. The Morgan fingerprint density at radius 1 is 1.19 bits per heavy atom. The zero-order valence-corrected chi connectivity index (χ0v) is 17.5. The van der Waals surface area contributed by atoms with E-state index in [0.29, 0.717) is 10.8 Å². The van der Waals surface area contributed by atoms with E-state index in [0.717, 1.165) is 35.7 Å². The summed E-state index contributed by atoms with van der Waals surface area (Å²) in [5.74, 6) is 1.14. The van der Waals surface area contributed by atoms with E-state index in [9.17, 15) is 8.42 Å². The van der Waals surface area contributed by atoms with Crippen LogP contribution in [0.25, 0.3) is 0 Å². The molecule has 1 aromatic heterocycles. The first-order chi connectivity index (χ1) is 12.3. The molecule has 3 rings (SSSR count). The minimum atomic E-state index is -3.21. The first kappa shape index (κ1) is 19.1. The highest BCUT2D eigenvalue weighted by atomic mass is 79.9. The minimum absolute atomic E-state index is 0.242. The molecule has 0 amide bonds. The SMILES string of the molecule is CC(C)[C@@H]1CN(c2cccc(S(C)(=O)=O)c2)CCN1c1ncc(Br)cn1. The predicted molar refractivity (Wildman–Crippen MR) is 107 cm³/mol. The number of aromatic nitrogens is 2. The highest BCUT2D eigenvalue weighted by Gasteiger charge is 2.31. The third-order valence-corrected chi connectivity index (χ3v) is 6.18. The fraction of sp³-hybridized carbons (Fsp3) is 0.444. The lowest BCUT2D eigenvalue weighted by atomic mass is 9.99. The van der Waals surface area contributed by atoms with Crippen LogP contribution in [-0.2, 0) is 9.84 Å². The number of hydrogen-bond acceptors (Lipinski definition) is 6. The third-order valence-electron chi connectivity index (χ3n) is 4.66. The van der Waals surface area contributed by atoms with Crippen molar-refractivity contribution in [1.29, 1.82) is 0 Å². The molecule has 2 heterocycles. The van der Waals surface area contributed by atoms with E-state index in [1.165, 1.54) is 6.26 Å². The molecular formula is C18H23BrN4O2S. The number of nitrogens with zero attached hydrogens (tertiary/aromatic N) is 4. The van der Waals surface area contributed by atoms with Gasteiger partial charge in [0.25, 0.3) is 0 Å². The van der Waals surface area contributed by atoms with Crippen LogP contribution in [-0.4, -0.2) is 50.3 Å². The Bertz CT molecular complexity index is 871. The molecule has 0 unspecified atom stereocenters. The highest BCUT2D eigenvalue weighted by Crippen LogP contribution is 2.27. The molecule has 1 saturated heterocycles. The summed E-state index contributed by atoms with van der Waals surface area (Å²) >= 11 is 3.38. The summed E-state index contributed by atoms with van der Waals surface area (Å²) in [6.07, 6.45) is 4.77. The van der Waals surface area contributed by atoms with Crippen molar-refractivity contribution < 1.29 is 8.42 Å². The molecule has 0 bridgehead atoms. The Morgan fingerprint density at radius 3 is 2.50 bits per heavy atom. The van der Waals surface area contributed by atoms with Gasteiger partial charge in [0.2, 0.25) is 5.95 Å². The predicted octanol–water partition coefficient (Wildman–Crippen LogP) is 2.99. The molecule has 1 aliphatic rings. The van der Waals surface area contributed by atoms with Crippen LogP contribution >= 0.6 is 15.9 Å². The van der Waals surface area contributed by atoms with Gasteiger partial charge < -0.3 is 9.80 Å². The number of benzene rings is 1. The molecule has 0 N–H and O–H groups in total. The molecule has 1 aliphatic heterocycles. The van der Waals surface area contributed by atoms with Gasteiger partial charge in [0, 0.05) is 44.0 Å². The van der Waals surface area contributed by atoms with Crippen molar-refractivity contribution in [3.8, 4) is 0 Å². The quantitative estimate of drug-likeness (QED) is 0.730. The van der Waals surface area contributed by atoms with Crippen LogP contribution in [0.5, 0.6) is 0 Å². The Hall–Kier alpha value is -1.67. The molecule has 6 nitrogen and oxygen atoms in total. The lowest BCUT2D eigenvalue weighted by molar-refractivity contribution is 0.413. The largest absolute Gasteiger partial charge is 0.368 e. The van der Waals surface area contributed by atoms with E-state index in [-0.39, 0.29) is 6.04 Å². The maximum Gasteiger partial charge on any atom is 0.225 e. The molecule has 0 saturated carbocycles. The van der Waals surface area contributed by atoms with Crippen molar-refractivity contribution in [2.45, 2.75) is 24.8 Å². The second-order valence-corrected chi connectivity index (χ2v) is 9.85. The van der Waals surface area contributed by atoms with Gasteiger partial charge in [-0.3, -0.25) is 0 Å². The maximum atomic E-state index is 11.9. The van der Waals surface area contributed by atoms with Crippen molar-refractivity contribution in [1.82, 2.24) is 9.97 Å². The second kappa shape index (κ2) is 7.52. The fourth-order valence-corrected chi connectivity index (χ4v) is 4.09. The van der Waals surface area contributed by atoms with Gasteiger partial charge in [-0.1, -0.05) is 19.9 Å². The van der Waals surface area contributed by atoms with Crippen LogP contribution in [0.15, 0.2) is 46.0 Å². The molecule has 0 aliphatic carbocycles. The van der Waals surface area contributed by atoms with Crippen LogP contribution in [0.1, 0.15) is 13.8 Å². The Labute approximate surface area is 163 Å². The summed E-state index contributed by atoms with van der Waals surface area (Å²) < 4.78 is 24.6. The van der Waals surface area contributed by atoms with Gasteiger partial charge in [-0.25, -0.2) is 18.4 Å². The molecule has 140 valence electrons. The Kier molecular flexibility index (Phi) is 5.53. The normalized spacial score (nSPS) is 18.4. The van der Waals surface area contributed by atoms with Crippen LogP contribution in [0, 0.1) is 5.92 Å². The van der Waals surface area contributed by atoms with Crippen molar-refractivity contribution in [3.05, 3.63) is 41.1 Å². The molecule has 2 aromatic rings. The summed E-state index contributed by atoms with van der Waals surface area (Å²) in [4.78, 5) is 13.7. The molecule has 1 atom stereocenters. The Morgan fingerprint density at radius 2 is 1.88 bits per heavy atom. The lowest BCUT2D eigenvalue weighted by Gasteiger charge is -2.44. The lowest BCUT2D eigenvalue weighted by Crippen LogP contribution is -2.56. The summed E-state index contributed by atoms with van der Waals surface area (Å²) in [6.45, 7) is 6.74. The first-order valence-electron chi connectivity index (χ1n) is 8.55. The summed E-state index contributed by atoms with van der Waals surface area (Å²) in [6, 6.07) is 7.42.